The zero-order valence-electron chi connectivity index (χ0n) is 10.1. The largest absolute Gasteiger partial charge is 0.396 e. The van der Waals surface area contributed by atoms with Crippen LogP contribution in [0.25, 0.3) is 0 Å². The standard InChI is InChI=1S/C12H22O2/c1-10(2,3)7-8-12(6,14)11(4,5)9-13/h13-14H,9H2,1-6H3. The minimum absolute atomic E-state index is 0.0845. The molecule has 0 fully saturated rings. The minimum Gasteiger partial charge on any atom is -0.396 e. The van der Waals surface area contributed by atoms with Crippen molar-refractivity contribution < 1.29 is 10.2 Å². The summed E-state index contributed by atoms with van der Waals surface area (Å²) in [5.41, 5.74) is -1.89. The topological polar surface area (TPSA) is 40.5 Å². The average Bonchev–Trinajstić information content (AvgIpc) is 1.99. The molecule has 2 N–H and O–H groups in total. The maximum absolute atomic E-state index is 10.1. The first-order valence-corrected chi connectivity index (χ1v) is 4.89. The van der Waals surface area contributed by atoms with E-state index in [1.165, 1.54) is 0 Å². The van der Waals surface area contributed by atoms with Gasteiger partial charge in [-0.15, -0.1) is 0 Å². The number of rotatable bonds is 2. The lowest BCUT2D eigenvalue weighted by Gasteiger charge is -2.34. The summed E-state index contributed by atoms with van der Waals surface area (Å²) in [5, 5.41) is 19.2. The second-order valence-electron chi connectivity index (χ2n) is 5.61. The van der Waals surface area contributed by atoms with Crippen LogP contribution in [0.3, 0.4) is 0 Å². The smallest absolute Gasteiger partial charge is 0.129 e. The predicted octanol–water partition coefficient (Wildman–Crippen LogP) is 1.81. The molecule has 0 aliphatic carbocycles. The van der Waals surface area contributed by atoms with E-state index in [9.17, 15) is 5.11 Å². The Morgan fingerprint density at radius 1 is 0.929 bits per heavy atom. The molecule has 0 aliphatic rings. The van der Waals surface area contributed by atoms with E-state index in [0.717, 1.165) is 0 Å². The Hall–Kier alpha value is -0.520. The number of hydrogen-bond donors (Lipinski definition) is 2. The number of hydrogen-bond acceptors (Lipinski definition) is 2. The first-order chi connectivity index (χ1) is 6.02. The van der Waals surface area contributed by atoms with E-state index in [-0.39, 0.29) is 12.0 Å². The van der Waals surface area contributed by atoms with Crippen molar-refractivity contribution in [3.05, 3.63) is 0 Å². The van der Waals surface area contributed by atoms with Crippen LogP contribution in [-0.2, 0) is 0 Å². The number of aliphatic hydroxyl groups excluding tert-OH is 1. The minimum atomic E-state index is -1.16. The molecule has 0 aromatic carbocycles. The van der Waals surface area contributed by atoms with E-state index in [4.69, 9.17) is 5.11 Å². The monoisotopic (exact) mass is 198 g/mol. The fourth-order valence-corrected chi connectivity index (χ4v) is 0.632. The highest BCUT2D eigenvalue weighted by molar-refractivity contribution is 5.20. The van der Waals surface area contributed by atoms with Gasteiger partial charge in [0.05, 0.1) is 6.61 Å². The second-order valence-corrected chi connectivity index (χ2v) is 5.61. The molecular weight excluding hydrogens is 176 g/mol. The van der Waals surface area contributed by atoms with E-state index < -0.39 is 11.0 Å². The van der Waals surface area contributed by atoms with Crippen LogP contribution < -0.4 is 0 Å². The quantitative estimate of drug-likeness (QED) is 0.664. The average molecular weight is 198 g/mol. The summed E-state index contributed by atoms with van der Waals surface area (Å²) in [6, 6.07) is 0. The highest BCUT2D eigenvalue weighted by Crippen LogP contribution is 2.29. The molecule has 1 unspecified atom stereocenters. The van der Waals surface area contributed by atoms with E-state index in [1.54, 1.807) is 20.8 Å². The van der Waals surface area contributed by atoms with Crippen molar-refractivity contribution in [2.24, 2.45) is 10.8 Å². The molecule has 0 spiro atoms. The molecule has 0 heterocycles. The normalized spacial score (nSPS) is 16.9. The molecule has 2 nitrogen and oxygen atoms in total. The second kappa shape index (κ2) is 3.92. The Labute approximate surface area is 87.3 Å². The van der Waals surface area contributed by atoms with Crippen LogP contribution in [0.2, 0.25) is 0 Å². The van der Waals surface area contributed by atoms with E-state index >= 15 is 0 Å². The maximum Gasteiger partial charge on any atom is 0.129 e. The van der Waals surface area contributed by atoms with Crippen molar-refractivity contribution in [1.82, 2.24) is 0 Å². The highest BCUT2D eigenvalue weighted by atomic mass is 16.3. The Bertz CT molecular complexity index is 246. The van der Waals surface area contributed by atoms with Gasteiger partial charge in [-0.25, -0.2) is 0 Å². The molecule has 0 aromatic rings. The van der Waals surface area contributed by atoms with Crippen molar-refractivity contribution in [2.75, 3.05) is 6.61 Å². The summed E-state index contributed by atoms with van der Waals surface area (Å²) in [5.74, 6) is 5.83. The Morgan fingerprint density at radius 3 is 1.64 bits per heavy atom. The van der Waals surface area contributed by atoms with Gasteiger partial charge in [-0.3, -0.25) is 0 Å². The van der Waals surface area contributed by atoms with Gasteiger partial charge in [-0.2, -0.15) is 0 Å². The van der Waals surface area contributed by atoms with Gasteiger partial charge in [0.2, 0.25) is 0 Å². The summed E-state index contributed by atoms with van der Waals surface area (Å²) in [6.45, 7) is 11.1. The lowest BCUT2D eigenvalue weighted by atomic mass is 9.76. The van der Waals surface area contributed by atoms with Crippen molar-refractivity contribution in [1.29, 1.82) is 0 Å². The van der Waals surface area contributed by atoms with Crippen molar-refractivity contribution in [2.45, 2.75) is 47.1 Å². The van der Waals surface area contributed by atoms with Crippen LogP contribution in [0.5, 0.6) is 0 Å². The first-order valence-electron chi connectivity index (χ1n) is 4.89. The van der Waals surface area contributed by atoms with Crippen molar-refractivity contribution >= 4 is 0 Å². The summed E-state index contributed by atoms with van der Waals surface area (Å²) in [4.78, 5) is 0. The van der Waals surface area contributed by atoms with Gasteiger partial charge < -0.3 is 10.2 Å². The molecule has 0 radical (unpaired) electrons. The van der Waals surface area contributed by atoms with Crippen LogP contribution in [0.4, 0.5) is 0 Å². The Morgan fingerprint density at radius 2 is 1.36 bits per heavy atom. The Kier molecular flexibility index (Phi) is 3.78. The van der Waals surface area contributed by atoms with E-state index in [2.05, 4.69) is 11.8 Å². The molecule has 14 heavy (non-hydrogen) atoms. The lowest BCUT2D eigenvalue weighted by Crippen LogP contribution is -2.43. The molecule has 0 aromatic heterocycles. The molecule has 0 aliphatic heterocycles. The fraction of sp³-hybridized carbons (Fsp3) is 0.833. The van der Waals surface area contributed by atoms with Gasteiger partial charge in [0, 0.05) is 10.8 Å². The van der Waals surface area contributed by atoms with E-state index in [1.807, 2.05) is 20.8 Å². The summed E-state index contributed by atoms with van der Waals surface area (Å²) in [7, 11) is 0. The van der Waals surface area contributed by atoms with Gasteiger partial charge in [0.25, 0.3) is 0 Å². The molecule has 1 atom stereocenters. The van der Waals surface area contributed by atoms with Crippen LogP contribution in [-0.4, -0.2) is 22.4 Å². The van der Waals surface area contributed by atoms with E-state index in [0.29, 0.717) is 0 Å². The molecule has 0 saturated heterocycles. The lowest BCUT2D eigenvalue weighted by molar-refractivity contribution is -0.0325. The Balaban J connectivity index is 4.88. The molecule has 2 heteroatoms. The number of aliphatic hydroxyl groups is 2. The summed E-state index contributed by atoms with van der Waals surface area (Å²) >= 11 is 0. The third kappa shape index (κ3) is 3.69. The van der Waals surface area contributed by atoms with Crippen LogP contribution in [0.1, 0.15) is 41.5 Å². The van der Waals surface area contributed by atoms with Gasteiger partial charge in [-0.1, -0.05) is 25.7 Å². The SMILES string of the molecule is CC(C)(C)C#CC(C)(O)C(C)(C)CO. The van der Waals surface area contributed by atoms with Crippen LogP contribution >= 0.6 is 0 Å². The predicted molar refractivity (Wildman–Crippen MR) is 58.7 cm³/mol. The maximum atomic E-state index is 10.1. The van der Waals surface area contributed by atoms with Crippen molar-refractivity contribution in [3.8, 4) is 11.8 Å². The fourth-order valence-electron chi connectivity index (χ4n) is 0.632. The first kappa shape index (κ1) is 13.5. The van der Waals surface area contributed by atoms with Crippen LogP contribution in [0.15, 0.2) is 0 Å². The van der Waals surface area contributed by atoms with Gasteiger partial charge in [0.15, 0.2) is 0 Å². The molecule has 82 valence electrons. The summed E-state index contributed by atoms with van der Waals surface area (Å²) < 4.78 is 0. The molecule has 0 rings (SSSR count). The van der Waals surface area contributed by atoms with Gasteiger partial charge in [-0.05, 0) is 27.7 Å². The van der Waals surface area contributed by atoms with Crippen LogP contribution in [0, 0.1) is 22.7 Å². The molecule has 0 saturated carbocycles. The third-order valence-corrected chi connectivity index (χ3v) is 2.39. The zero-order valence-corrected chi connectivity index (χ0v) is 10.1. The molecular formula is C12H22O2. The molecule has 0 amide bonds. The third-order valence-electron chi connectivity index (χ3n) is 2.39. The zero-order chi connectivity index (χ0) is 11.6. The van der Waals surface area contributed by atoms with Crippen molar-refractivity contribution in [3.63, 3.8) is 0 Å². The highest BCUT2D eigenvalue weighted by Gasteiger charge is 2.37. The van der Waals surface area contributed by atoms with Gasteiger partial charge >= 0.3 is 0 Å². The van der Waals surface area contributed by atoms with Gasteiger partial charge in [0.1, 0.15) is 5.60 Å². The summed E-state index contributed by atoms with van der Waals surface area (Å²) in [6.07, 6.45) is 0. The molecule has 0 bridgehead atoms.